The lowest BCUT2D eigenvalue weighted by Crippen LogP contribution is -2.29. The van der Waals surface area contributed by atoms with Crippen LogP contribution in [-0.2, 0) is 4.79 Å². The lowest BCUT2D eigenvalue weighted by atomic mass is 9.99. The molecule has 6 nitrogen and oxygen atoms in total. The number of carboxylic acids is 1. The maximum Gasteiger partial charge on any atom is 0.308 e. The SMILES string of the molecule is C[C@@H]1CN(C(=O)c2ccc(-n3ccnc3)cc2)C[C@H]1C(=O)O. The molecular formula is C16H17N3O3. The molecule has 6 heteroatoms. The third-order valence-corrected chi connectivity index (χ3v) is 4.13. The van der Waals surface area contributed by atoms with Crippen LogP contribution in [0, 0.1) is 11.8 Å². The molecule has 0 spiro atoms. The van der Waals surface area contributed by atoms with Gasteiger partial charge in [0, 0.05) is 36.7 Å². The first-order valence-corrected chi connectivity index (χ1v) is 7.16. The summed E-state index contributed by atoms with van der Waals surface area (Å²) in [4.78, 5) is 29.2. The fourth-order valence-electron chi connectivity index (χ4n) is 2.82. The van der Waals surface area contributed by atoms with Gasteiger partial charge < -0.3 is 14.6 Å². The molecule has 0 unspecified atom stereocenters. The molecule has 1 aromatic heterocycles. The molecule has 1 saturated heterocycles. The first kappa shape index (κ1) is 14.3. The van der Waals surface area contributed by atoms with Crippen molar-refractivity contribution in [3.63, 3.8) is 0 Å². The van der Waals surface area contributed by atoms with Crippen molar-refractivity contribution in [3.05, 3.63) is 48.5 Å². The van der Waals surface area contributed by atoms with Gasteiger partial charge in [-0.1, -0.05) is 6.92 Å². The Labute approximate surface area is 128 Å². The van der Waals surface area contributed by atoms with Gasteiger partial charge in [0.15, 0.2) is 0 Å². The number of benzene rings is 1. The number of amides is 1. The number of carboxylic acid groups (broad SMARTS) is 1. The maximum atomic E-state index is 12.5. The molecule has 2 heterocycles. The summed E-state index contributed by atoms with van der Waals surface area (Å²) in [7, 11) is 0. The smallest absolute Gasteiger partial charge is 0.308 e. The molecule has 0 radical (unpaired) electrons. The first-order valence-electron chi connectivity index (χ1n) is 7.16. The van der Waals surface area contributed by atoms with Gasteiger partial charge >= 0.3 is 5.97 Å². The van der Waals surface area contributed by atoms with E-state index in [0.717, 1.165) is 5.69 Å². The Morgan fingerprint density at radius 3 is 2.50 bits per heavy atom. The Morgan fingerprint density at radius 1 is 1.23 bits per heavy atom. The summed E-state index contributed by atoms with van der Waals surface area (Å²) in [5.41, 5.74) is 1.49. The topological polar surface area (TPSA) is 75.4 Å². The second-order valence-corrected chi connectivity index (χ2v) is 5.65. The van der Waals surface area contributed by atoms with E-state index in [0.29, 0.717) is 12.1 Å². The van der Waals surface area contributed by atoms with E-state index in [-0.39, 0.29) is 18.4 Å². The van der Waals surface area contributed by atoms with Gasteiger partial charge in [-0.15, -0.1) is 0 Å². The van der Waals surface area contributed by atoms with Crippen LogP contribution in [0.5, 0.6) is 0 Å². The highest BCUT2D eigenvalue weighted by Gasteiger charge is 2.37. The highest BCUT2D eigenvalue weighted by Crippen LogP contribution is 2.25. The van der Waals surface area contributed by atoms with E-state index >= 15 is 0 Å². The zero-order valence-corrected chi connectivity index (χ0v) is 12.2. The lowest BCUT2D eigenvalue weighted by Gasteiger charge is -2.16. The van der Waals surface area contributed by atoms with Gasteiger partial charge in [-0.25, -0.2) is 4.98 Å². The van der Waals surface area contributed by atoms with Crippen LogP contribution in [-0.4, -0.2) is 44.5 Å². The molecule has 114 valence electrons. The highest BCUT2D eigenvalue weighted by atomic mass is 16.4. The molecule has 2 aromatic rings. The van der Waals surface area contributed by atoms with Crippen molar-refractivity contribution in [1.29, 1.82) is 0 Å². The van der Waals surface area contributed by atoms with E-state index < -0.39 is 11.9 Å². The first-order chi connectivity index (χ1) is 10.6. The van der Waals surface area contributed by atoms with Crippen molar-refractivity contribution in [2.45, 2.75) is 6.92 Å². The second kappa shape index (κ2) is 5.63. The summed E-state index contributed by atoms with van der Waals surface area (Å²) in [6.45, 7) is 2.63. The predicted molar refractivity (Wildman–Crippen MR) is 79.8 cm³/mol. The summed E-state index contributed by atoms with van der Waals surface area (Å²) in [5, 5.41) is 9.15. The Balaban J connectivity index is 1.74. The number of aromatic nitrogens is 2. The summed E-state index contributed by atoms with van der Waals surface area (Å²) < 4.78 is 1.85. The third-order valence-electron chi connectivity index (χ3n) is 4.13. The maximum absolute atomic E-state index is 12.5. The number of imidazole rings is 1. The van der Waals surface area contributed by atoms with Crippen molar-refractivity contribution >= 4 is 11.9 Å². The summed E-state index contributed by atoms with van der Waals surface area (Å²) in [6.07, 6.45) is 5.21. The Morgan fingerprint density at radius 2 is 1.95 bits per heavy atom. The van der Waals surface area contributed by atoms with Gasteiger partial charge in [0.2, 0.25) is 0 Å². The molecule has 3 rings (SSSR count). The molecule has 1 aromatic carbocycles. The number of rotatable bonds is 3. The number of nitrogens with zero attached hydrogens (tertiary/aromatic N) is 3. The molecular weight excluding hydrogens is 282 g/mol. The van der Waals surface area contributed by atoms with E-state index in [2.05, 4.69) is 4.98 Å². The summed E-state index contributed by atoms with van der Waals surface area (Å²) >= 11 is 0. The predicted octanol–water partition coefficient (Wildman–Crippen LogP) is 1.67. The number of carbonyl (C=O) groups is 2. The van der Waals surface area contributed by atoms with Crippen molar-refractivity contribution in [2.75, 3.05) is 13.1 Å². The lowest BCUT2D eigenvalue weighted by molar-refractivity contribution is -0.142. The number of likely N-dealkylation sites (tertiary alicyclic amines) is 1. The minimum absolute atomic E-state index is 0.0216. The zero-order valence-electron chi connectivity index (χ0n) is 12.2. The van der Waals surface area contributed by atoms with Gasteiger partial charge in [-0.3, -0.25) is 9.59 Å². The molecule has 0 aliphatic carbocycles. The zero-order chi connectivity index (χ0) is 15.7. The number of hydrogen-bond donors (Lipinski definition) is 1. The standard InChI is InChI=1S/C16H17N3O3/c1-11-8-19(9-14(11)16(21)22)15(20)12-2-4-13(5-3-12)18-7-6-17-10-18/h2-7,10-11,14H,8-9H2,1H3,(H,21,22)/t11-,14-/m1/s1. The van der Waals surface area contributed by atoms with Crippen molar-refractivity contribution in [1.82, 2.24) is 14.5 Å². The normalized spacial score (nSPS) is 21.0. The van der Waals surface area contributed by atoms with Crippen LogP contribution in [0.15, 0.2) is 43.0 Å². The van der Waals surface area contributed by atoms with Crippen LogP contribution < -0.4 is 0 Å². The largest absolute Gasteiger partial charge is 0.481 e. The molecule has 1 aliphatic heterocycles. The number of aliphatic carboxylic acids is 1. The Hall–Kier alpha value is -2.63. The average molecular weight is 299 g/mol. The van der Waals surface area contributed by atoms with Gasteiger partial charge in [0.1, 0.15) is 0 Å². The monoisotopic (exact) mass is 299 g/mol. The van der Waals surface area contributed by atoms with Crippen LogP contribution in [0.1, 0.15) is 17.3 Å². The molecule has 22 heavy (non-hydrogen) atoms. The van der Waals surface area contributed by atoms with Crippen LogP contribution in [0.2, 0.25) is 0 Å². The van der Waals surface area contributed by atoms with Gasteiger partial charge in [-0.2, -0.15) is 0 Å². The van der Waals surface area contributed by atoms with Crippen LogP contribution >= 0.6 is 0 Å². The van der Waals surface area contributed by atoms with E-state index in [9.17, 15) is 9.59 Å². The van der Waals surface area contributed by atoms with Crippen LogP contribution in [0.25, 0.3) is 5.69 Å². The molecule has 0 bridgehead atoms. The van der Waals surface area contributed by atoms with E-state index in [1.807, 2.05) is 29.8 Å². The van der Waals surface area contributed by atoms with Crippen LogP contribution in [0.3, 0.4) is 0 Å². The molecule has 1 N–H and O–H groups in total. The van der Waals surface area contributed by atoms with Crippen molar-refractivity contribution in [2.24, 2.45) is 11.8 Å². The van der Waals surface area contributed by atoms with E-state index in [1.54, 1.807) is 29.6 Å². The Kier molecular flexibility index (Phi) is 3.66. The average Bonchev–Trinajstić information content (AvgIpc) is 3.16. The summed E-state index contributed by atoms with van der Waals surface area (Å²) in [6, 6.07) is 7.22. The molecule has 1 fully saturated rings. The van der Waals surface area contributed by atoms with Gasteiger partial charge in [0.25, 0.3) is 5.91 Å². The highest BCUT2D eigenvalue weighted by molar-refractivity contribution is 5.95. The second-order valence-electron chi connectivity index (χ2n) is 5.65. The summed E-state index contributed by atoms with van der Waals surface area (Å²) in [5.74, 6) is -1.45. The molecule has 1 amide bonds. The minimum Gasteiger partial charge on any atom is -0.481 e. The third kappa shape index (κ3) is 2.59. The van der Waals surface area contributed by atoms with Crippen molar-refractivity contribution < 1.29 is 14.7 Å². The van der Waals surface area contributed by atoms with E-state index in [1.165, 1.54) is 0 Å². The van der Waals surface area contributed by atoms with E-state index in [4.69, 9.17) is 5.11 Å². The van der Waals surface area contributed by atoms with Gasteiger partial charge in [-0.05, 0) is 30.2 Å². The quantitative estimate of drug-likeness (QED) is 0.935. The molecule has 1 aliphatic rings. The van der Waals surface area contributed by atoms with Crippen LogP contribution in [0.4, 0.5) is 0 Å². The fourth-order valence-corrected chi connectivity index (χ4v) is 2.82. The number of hydrogen-bond acceptors (Lipinski definition) is 3. The Bertz CT molecular complexity index is 679. The molecule has 0 saturated carbocycles. The van der Waals surface area contributed by atoms with Gasteiger partial charge in [0.05, 0.1) is 12.2 Å². The minimum atomic E-state index is -0.835. The fraction of sp³-hybridized carbons (Fsp3) is 0.312. The van der Waals surface area contributed by atoms with Crippen molar-refractivity contribution in [3.8, 4) is 5.69 Å². The molecule has 2 atom stereocenters. The number of carbonyl (C=O) groups excluding carboxylic acids is 1.